The number of H-pyrrole nitrogens is 1. The Hall–Kier alpha value is -1.93. The molecule has 0 radical (unpaired) electrons. The number of nitrogens with one attached hydrogen (secondary N) is 2. The van der Waals surface area contributed by atoms with E-state index in [4.69, 9.17) is 0 Å². The molecule has 1 aliphatic rings. The lowest BCUT2D eigenvalue weighted by Crippen LogP contribution is -2.33. The van der Waals surface area contributed by atoms with Crippen LogP contribution in [0.5, 0.6) is 0 Å². The van der Waals surface area contributed by atoms with Gasteiger partial charge in [0.05, 0.1) is 0 Å². The van der Waals surface area contributed by atoms with Gasteiger partial charge in [-0.05, 0) is 36.2 Å². The quantitative estimate of drug-likeness (QED) is 0.770. The molecule has 0 aromatic carbocycles. The lowest BCUT2D eigenvalue weighted by Gasteiger charge is -2.10. The monoisotopic (exact) mass is 305 g/mol. The van der Waals surface area contributed by atoms with Crippen molar-refractivity contribution in [1.82, 2.24) is 25.1 Å². The number of rotatable bonds is 5. The lowest BCUT2D eigenvalue weighted by molar-refractivity contribution is 0.595. The molecule has 1 aliphatic carbocycles. The average Bonchev–Trinajstić information content (AvgIpc) is 3.28. The fraction of sp³-hybridized carbons (Fsp3) is 0.385. The summed E-state index contributed by atoms with van der Waals surface area (Å²) in [6, 6.07) is 4.49. The Balaban J connectivity index is 1.85. The number of aryl methyl sites for hydroxylation is 1. The third-order valence-electron chi connectivity index (χ3n) is 3.14. The normalized spacial score (nSPS) is 14.3. The summed E-state index contributed by atoms with van der Waals surface area (Å²) in [5.74, 6) is 0. The van der Waals surface area contributed by atoms with Crippen LogP contribution in [0.1, 0.15) is 18.4 Å². The lowest BCUT2D eigenvalue weighted by atomic mass is 10.3. The van der Waals surface area contributed by atoms with Crippen molar-refractivity contribution in [2.45, 2.75) is 35.6 Å². The van der Waals surface area contributed by atoms with Crippen LogP contribution in [0.25, 0.3) is 0 Å². The van der Waals surface area contributed by atoms with Crippen molar-refractivity contribution in [3.8, 4) is 0 Å². The van der Waals surface area contributed by atoms with Crippen LogP contribution in [0, 0.1) is 0 Å². The molecule has 8 heteroatoms. The maximum absolute atomic E-state index is 11.4. The molecule has 110 valence electrons. The summed E-state index contributed by atoms with van der Waals surface area (Å²) in [4.78, 5) is 30.7. The minimum atomic E-state index is -0.788. The highest BCUT2D eigenvalue weighted by Gasteiger charge is 2.21. The Bertz CT molecular complexity index is 766. The summed E-state index contributed by atoms with van der Waals surface area (Å²) in [6.07, 6.45) is 4.14. The van der Waals surface area contributed by atoms with Crippen molar-refractivity contribution < 1.29 is 0 Å². The van der Waals surface area contributed by atoms with Crippen LogP contribution in [0.15, 0.2) is 38.1 Å². The number of nitrogens with zero attached hydrogens (tertiary/aromatic N) is 3. The molecule has 0 saturated heterocycles. The number of aromatic nitrogens is 4. The van der Waals surface area contributed by atoms with Gasteiger partial charge >= 0.3 is 11.1 Å². The molecule has 2 aromatic rings. The first-order valence-electron chi connectivity index (χ1n) is 6.66. The van der Waals surface area contributed by atoms with E-state index in [1.165, 1.54) is 29.3 Å². The Morgan fingerprint density at radius 1 is 1.48 bits per heavy atom. The van der Waals surface area contributed by atoms with Gasteiger partial charge in [0.25, 0.3) is 0 Å². The molecule has 2 N–H and O–H groups in total. The van der Waals surface area contributed by atoms with Gasteiger partial charge in [-0.1, -0.05) is 6.07 Å². The van der Waals surface area contributed by atoms with Gasteiger partial charge < -0.3 is 5.32 Å². The highest BCUT2D eigenvalue weighted by molar-refractivity contribution is 7.99. The van der Waals surface area contributed by atoms with Crippen molar-refractivity contribution in [3.63, 3.8) is 0 Å². The Morgan fingerprint density at radius 2 is 2.29 bits per heavy atom. The number of aromatic amines is 1. The fourth-order valence-electron chi connectivity index (χ4n) is 1.83. The third kappa shape index (κ3) is 3.40. The Labute approximate surface area is 124 Å². The minimum Gasteiger partial charge on any atom is -0.310 e. The molecular formula is C13H15N5O2S. The zero-order chi connectivity index (χ0) is 14.8. The summed E-state index contributed by atoms with van der Waals surface area (Å²) >= 11 is 1.27. The van der Waals surface area contributed by atoms with E-state index in [9.17, 15) is 9.59 Å². The predicted molar refractivity (Wildman–Crippen MR) is 78.3 cm³/mol. The van der Waals surface area contributed by atoms with Crippen LogP contribution in [0.2, 0.25) is 0 Å². The summed E-state index contributed by atoms with van der Waals surface area (Å²) < 4.78 is 1.43. The van der Waals surface area contributed by atoms with Gasteiger partial charge in [0, 0.05) is 25.8 Å². The Morgan fingerprint density at radius 3 is 3.05 bits per heavy atom. The van der Waals surface area contributed by atoms with Gasteiger partial charge in [-0.3, -0.25) is 19.4 Å². The first kappa shape index (κ1) is 14.0. The van der Waals surface area contributed by atoms with E-state index < -0.39 is 11.1 Å². The number of hydrogen-bond donors (Lipinski definition) is 2. The first-order chi connectivity index (χ1) is 10.1. The van der Waals surface area contributed by atoms with E-state index in [1.807, 2.05) is 12.1 Å². The van der Waals surface area contributed by atoms with Gasteiger partial charge in [0.2, 0.25) is 0 Å². The molecule has 3 rings (SSSR count). The first-order valence-corrected chi connectivity index (χ1v) is 7.47. The molecule has 0 spiro atoms. The molecule has 0 bridgehead atoms. The van der Waals surface area contributed by atoms with Crippen LogP contribution >= 0.6 is 11.8 Å². The molecule has 1 fully saturated rings. The minimum absolute atomic E-state index is 0.408. The smallest absolute Gasteiger partial charge is 0.310 e. The third-order valence-corrected chi connectivity index (χ3v) is 4.25. The fourth-order valence-corrected chi connectivity index (χ4v) is 2.70. The van der Waals surface area contributed by atoms with Gasteiger partial charge in [0.15, 0.2) is 5.16 Å². The molecule has 7 nitrogen and oxygen atoms in total. The van der Waals surface area contributed by atoms with Crippen molar-refractivity contribution in [1.29, 1.82) is 0 Å². The van der Waals surface area contributed by atoms with Crippen molar-refractivity contribution in [2.24, 2.45) is 7.05 Å². The van der Waals surface area contributed by atoms with Crippen LogP contribution < -0.4 is 16.4 Å². The second-order valence-electron chi connectivity index (χ2n) is 4.92. The summed E-state index contributed by atoms with van der Waals surface area (Å²) in [5.41, 5.74) is -0.461. The largest absolute Gasteiger partial charge is 0.339 e. The van der Waals surface area contributed by atoms with Crippen molar-refractivity contribution in [2.75, 3.05) is 0 Å². The topological polar surface area (TPSA) is 92.7 Å². The summed E-state index contributed by atoms with van der Waals surface area (Å²) in [6.45, 7) is 0.734. The molecule has 1 saturated carbocycles. The van der Waals surface area contributed by atoms with Gasteiger partial charge in [-0.15, -0.1) is 0 Å². The maximum Gasteiger partial charge on any atom is 0.339 e. The molecule has 2 aromatic heterocycles. The standard InChI is InChI=1S/C13H15N5O2S/c1-18-13(16-10(19)11(20)17-18)21-12-8(3-2-6-14-12)7-15-9-4-5-9/h2-3,6,9,15H,4-5,7H2,1H3,(H,17,20). The number of pyridine rings is 1. The van der Waals surface area contributed by atoms with Crippen LogP contribution in [-0.4, -0.2) is 25.8 Å². The molecule has 0 unspecified atom stereocenters. The van der Waals surface area contributed by atoms with Crippen LogP contribution in [0.4, 0.5) is 0 Å². The maximum atomic E-state index is 11.4. The van der Waals surface area contributed by atoms with Crippen LogP contribution in [-0.2, 0) is 13.6 Å². The number of hydrogen-bond acceptors (Lipinski definition) is 6. The summed E-state index contributed by atoms with van der Waals surface area (Å²) in [7, 11) is 1.64. The molecule has 0 atom stereocenters. The molecular weight excluding hydrogens is 290 g/mol. The zero-order valence-electron chi connectivity index (χ0n) is 11.5. The highest BCUT2D eigenvalue weighted by Crippen LogP contribution is 2.26. The molecule has 0 aliphatic heterocycles. The average molecular weight is 305 g/mol. The van der Waals surface area contributed by atoms with Gasteiger partial charge in [-0.2, -0.15) is 4.98 Å². The predicted octanol–water partition coefficient (Wildman–Crippen LogP) is 0.267. The zero-order valence-corrected chi connectivity index (χ0v) is 12.3. The van der Waals surface area contributed by atoms with E-state index in [0.29, 0.717) is 11.2 Å². The van der Waals surface area contributed by atoms with E-state index in [1.54, 1.807) is 13.2 Å². The van der Waals surface area contributed by atoms with E-state index in [0.717, 1.165) is 17.1 Å². The molecule has 2 heterocycles. The van der Waals surface area contributed by atoms with Crippen molar-refractivity contribution >= 4 is 11.8 Å². The molecule has 21 heavy (non-hydrogen) atoms. The summed E-state index contributed by atoms with van der Waals surface area (Å²) in [5, 5.41) is 7.05. The second-order valence-corrected chi connectivity index (χ2v) is 5.88. The molecule has 0 amide bonds. The van der Waals surface area contributed by atoms with Crippen molar-refractivity contribution in [3.05, 3.63) is 44.6 Å². The van der Waals surface area contributed by atoms with Gasteiger partial charge in [-0.25, -0.2) is 4.98 Å². The highest BCUT2D eigenvalue weighted by atomic mass is 32.2. The second kappa shape index (κ2) is 5.82. The Kier molecular flexibility index (Phi) is 3.89. The van der Waals surface area contributed by atoms with Crippen LogP contribution in [0.3, 0.4) is 0 Å². The van der Waals surface area contributed by atoms with Gasteiger partial charge in [0.1, 0.15) is 5.03 Å². The van der Waals surface area contributed by atoms with E-state index in [-0.39, 0.29) is 0 Å². The van der Waals surface area contributed by atoms with E-state index >= 15 is 0 Å². The SMILES string of the molecule is Cn1[nH]c(=O)c(=O)nc1Sc1ncccc1CNC1CC1. The van der Waals surface area contributed by atoms with E-state index in [2.05, 4.69) is 20.4 Å².